The van der Waals surface area contributed by atoms with Crippen molar-refractivity contribution in [1.29, 1.82) is 0 Å². The van der Waals surface area contributed by atoms with Gasteiger partial charge in [-0.25, -0.2) is 24.2 Å². The number of carboxylic acid groups (broad SMARTS) is 2. The molecule has 42 heavy (non-hydrogen) atoms. The van der Waals surface area contributed by atoms with Gasteiger partial charge in [-0.2, -0.15) is 0 Å². The highest BCUT2D eigenvalue weighted by Crippen LogP contribution is 2.13. The van der Waals surface area contributed by atoms with Gasteiger partial charge in [-0.15, -0.1) is 0 Å². The highest BCUT2D eigenvalue weighted by Gasteiger charge is 2.10. The van der Waals surface area contributed by atoms with Gasteiger partial charge in [-0.05, 0) is 12.8 Å². The van der Waals surface area contributed by atoms with E-state index in [1.165, 1.54) is 116 Å². The number of rotatable bonds is 29. The molecule has 0 bridgehead atoms. The average molecular weight is 609 g/mol. The maximum atomic E-state index is 11.4. The number of hydrogen-bond donors (Lipinski definition) is 2. The minimum atomic E-state index is -1.83. The molecule has 0 aromatic carbocycles. The Hall–Kier alpha value is -2.27. The zero-order valence-electron chi connectivity index (χ0n) is 26.5. The second kappa shape index (κ2) is 36.8. The number of carbonyl (C=O) groups is 3. The van der Waals surface area contributed by atoms with Crippen LogP contribution in [0.1, 0.15) is 168 Å². The molecular weight excluding hydrogens is 548 g/mol. The molecule has 0 spiro atoms. The number of carbonyl (C=O) groups excluding carboxylic acids is 2. The average Bonchev–Trinajstić information content (AvgIpc) is 2.95. The number of ether oxygens (including phenoxy) is 2. The van der Waals surface area contributed by atoms with E-state index in [9.17, 15) is 9.59 Å². The highest BCUT2D eigenvalue weighted by molar-refractivity contribution is 5.59. The molecule has 0 fully saturated rings. The van der Waals surface area contributed by atoms with E-state index in [-0.39, 0.29) is 13.2 Å². The molecule has 0 saturated carbocycles. The Bertz CT molecular complexity index is 539. The minimum absolute atomic E-state index is 0.238. The van der Waals surface area contributed by atoms with E-state index < -0.39 is 18.5 Å². The van der Waals surface area contributed by atoms with Gasteiger partial charge in [0.05, 0.1) is 13.2 Å². The summed E-state index contributed by atoms with van der Waals surface area (Å²) in [6.45, 7) is 4.96. The predicted molar refractivity (Wildman–Crippen MR) is 160 cm³/mol. The van der Waals surface area contributed by atoms with E-state index in [0.717, 1.165) is 38.5 Å². The quantitative estimate of drug-likeness (QED) is 0.0361. The monoisotopic (exact) mass is 608 g/mol. The molecule has 0 aliphatic heterocycles. The predicted octanol–water partition coefficient (Wildman–Crippen LogP) is 10.7. The molecule has 0 aliphatic rings. The molecule has 11 nitrogen and oxygen atoms in total. The second-order valence-electron chi connectivity index (χ2n) is 10.6. The van der Waals surface area contributed by atoms with Crippen LogP contribution in [0, 0.1) is 0 Å². The Kier molecular flexibility index (Phi) is 36.6. The van der Waals surface area contributed by atoms with Gasteiger partial charge >= 0.3 is 18.5 Å². The second-order valence-corrected chi connectivity index (χ2v) is 10.6. The topological polar surface area (TPSA) is 147 Å². The van der Waals surface area contributed by atoms with Gasteiger partial charge in [-0.3, -0.25) is 0 Å². The summed E-state index contributed by atoms with van der Waals surface area (Å²) in [5.74, 6) is 0. The van der Waals surface area contributed by atoms with Gasteiger partial charge in [-0.1, -0.05) is 155 Å². The van der Waals surface area contributed by atoms with Crippen LogP contribution in [0.2, 0.25) is 0 Å². The zero-order valence-corrected chi connectivity index (χ0v) is 26.5. The SMILES string of the molecule is CCCCCCCCCCCCCCOC(=O)OOOOC(=O)OCCCCCCCCCCCCCC.O=C(O)O. The van der Waals surface area contributed by atoms with E-state index in [1.807, 2.05) is 0 Å². The van der Waals surface area contributed by atoms with Crippen LogP contribution in [0.25, 0.3) is 0 Å². The van der Waals surface area contributed by atoms with Gasteiger partial charge in [0.25, 0.3) is 0 Å². The third-order valence-corrected chi connectivity index (χ3v) is 6.67. The van der Waals surface area contributed by atoms with E-state index >= 15 is 0 Å². The summed E-state index contributed by atoms with van der Waals surface area (Å²) in [6.07, 6.45) is 25.6. The first kappa shape index (κ1) is 41.9. The summed E-state index contributed by atoms with van der Waals surface area (Å²) in [4.78, 5) is 39.7. The lowest BCUT2D eigenvalue weighted by molar-refractivity contribution is -0.601. The lowest BCUT2D eigenvalue weighted by Gasteiger charge is -2.05. The van der Waals surface area contributed by atoms with Crippen LogP contribution >= 0.6 is 0 Å². The first-order chi connectivity index (χ1) is 20.4. The molecule has 11 heteroatoms. The van der Waals surface area contributed by atoms with E-state index in [0.29, 0.717) is 0 Å². The smallest absolute Gasteiger partial charge is 0.450 e. The lowest BCUT2D eigenvalue weighted by atomic mass is 10.1. The van der Waals surface area contributed by atoms with Crippen LogP contribution in [-0.2, 0) is 29.3 Å². The summed E-state index contributed by atoms with van der Waals surface area (Å²) in [7, 11) is 0. The Labute approximate surface area is 253 Å². The van der Waals surface area contributed by atoms with Gasteiger partial charge in [0.2, 0.25) is 0 Å². The summed E-state index contributed by atoms with van der Waals surface area (Å²) < 4.78 is 9.71. The Balaban J connectivity index is 0. The number of hydrogen-bond acceptors (Lipinski definition) is 9. The zero-order chi connectivity index (χ0) is 31.4. The van der Waals surface area contributed by atoms with Crippen molar-refractivity contribution >= 4 is 18.5 Å². The summed E-state index contributed by atoms with van der Waals surface area (Å²) in [5.41, 5.74) is 0. The molecule has 0 aromatic rings. The van der Waals surface area contributed by atoms with Crippen LogP contribution in [0.5, 0.6) is 0 Å². The van der Waals surface area contributed by atoms with Crippen LogP contribution in [0.15, 0.2) is 0 Å². The van der Waals surface area contributed by atoms with E-state index in [4.69, 9.17) is 24.5 Å². The van der Waals surface area contributed by atoms with Crippen LogP contribution in [-0.4, -0.2) is 41.9 Å². The summed E-state index contributed by atoms with van der Waals surface area (Å²) in [6, 6.07) is 0. The van der Waals surface area contributed by atoms with Crippen LogP contribution < -0.4 is 0 Å². The maximum absolute atomic E-state index is 11.4. The van der Waals surface area contributed by atoms with Crippen molar-refractivity contribution in [3.63, 3.8) is 0 Å². The number of unbranched alkanes of at least 4 members (excludes halogenated alkanes) is 22. The molecule has 0 unspecified atom stereocenters. The first-order valence-corrected chi connectivity index (χ1v) is 16.4. The van der Waals surface area contributed by atoms with Crippen LogP contribution in [0.3, 0.4) is 0 Å². The fourth-order valence-corrected chi connectivity index (χ4v) is 4.33. The van der Waals surface area contributed by atoms with Crippen molar-refractivity contribution in [3.05, 3.63) is 0 Å². The van der Waals surface area contributed by atoms with Crippen molar-refractivity contribution in [2.24, 2.45) is 0 Å². The molecule has 250 valence electrons. The molecular formula is C31H60O11. The van der Waals surface area contributed by atoms with Crippen LogP contribution in [0.4, 0.5) is 14.4 Å². The highest BCUT2D eigenvalue weighted by atomic mass is 17.7. The molecule has 0 radical (unpaired) electrons. The van der Waals surface area contributed by atoms with E-state index in [2.05, 4.69) is 33.7 Å². The molecule has 0 aliphatic carbocycles. The van der Waals surface area contributed by atoms with Crippen molar-refractivity contribution in [3.8, 4) is 0 Å². The van der Waals surface area contributed by atoms with Crippen molar-refractivity contribution < 1.29 is 53.9 Å². The Morgan fingerprint density at radius 1 is 0.405 bits per heavy atom. The summed E-state index contributed by atoms with van der Waals surface area (Å²) in [5, 5.41) is 22.0. The van der Waals surface area contributed by atoms with Crippen molar-refractivity contribution in [1.82, 2.24) is 0 Å². The van der Waals surface area contributed by atoms with Crippen molar-refractivity contribution in [2.45, 2.75) is 168 Å². The molecule has 0 aromatic heterocycles. The van der Waals surface area contributed by atoms with Gasteiger partial charge in [0.1, 0.15) is 0 Å². The van der Waals surface area contributed by atoms with Crippen molar-refractivity contribution in [2.75, 3.05) is 13.2 Å². The molecule has 0 atom stereocenters. The Morgan fingerprint density at radius 2 is 0.619 bits per heavy atom. The molecule has 0 saturated heterocycles. The molecule has 2 N–H and O–H groups in total. The fraction of sp³-hybridized carbons (Fsp3) is 0.903. The Morgan fingerprint density at radius 3 is 0.857 bits per heavy atom. The third kappa shape index (κ3) is 42.2. The molecule has 0 rings (SSSR count). The summed E-state index contributed by atoms with van der Waals surface area (Å²) >= 11 is 0. The first-order valence-electron chi connectivity index (χ1n) is 16.4. The van der Waals surface area contributed by atoms with Gasteiger partial charge < -0.3 is 19.7 Å². The minimum Gasteiger partial charge on any atom is -0.450 e. The lowest BCUT2D eigenvalue weighted by Crippen LogP contribution is -2.13. The molecule has 0 amide bonds. The third-order valence-electron chi connectivity index (χ3n) is 6.67. The standard InChI is InChI=1S/C30H58O8.CH2O3/c1-3-5-7-9-11-13-15-17-19-21-23-25-27-33-29(31)35-37-38-36-30(32)34-28-26-24-22-20-18-16-14-12-10-8-6-4-2;2-1(3)4/h3-28H2,1-2H3;(H2,2,3,4). The largest absolute Gasteiger partial charge is 0.542 e. The van der Waals surface area contributed by atoms with E-state index in [1.54, 1.807) is 0 Å². The maximum Gasteiger partial charge on any atom is 0.542 e. The van der Waals surface area contributed by atoms with Gasteiger partial charge in [0, 0.05) is 10.1 Å². The van der Waals surface area contributed by atoms with Gasteiger partial charge in [0.15, 0.2) is 0 Å². The fourth-order valence-electron chi connectivity index (χ4n) is 4.33. The normalized spacial score (nSPS) is 10.4. The molecule has 0 heterocycles.